The SMILES string of the molecule is CNC(=O)c1cc(Br)cc(C)c1NC(=O)c1cc(Cl)nn1-c1ncccc1Cl. The Kier molecular flexibility index (Phi) is 6.02. The van der Waals surface area contributed by atoms with Gasteiger partial charge in [0, 0.05) is 23.8 Å². The summed E-state index contributed by atoms with van der Waals surface area (Å²) in [4.78, 5) is 29.4. The van der Waals surface area contributed by atoms with Gasteiger partial charge in [0.05, 0.1) is 16.3 Å². The number of hydrogen-bond acceptors (Lipinski definition) is 4. The summed E-state index contributed by atoms with van der Waals surface area (Å²) in [6, 6.07) is 8.11. The molecule has 1 aromatic carbocycles. The number of aromatic nitrogens is 3. The van der Waals surface area contributed by atoms with E-state index in [2.05, 4.69) is 36.6 Å². The van der Waals surface area contributed by atoms with Gasteiger partial charge in [-0.3, -0.25) is 9.59 Å². The average Bonchev–Trinajstić information content (AvgIpc) is 3.05. The predicted octanol–water partition coefficient (Wildman–Crippen LogP) is 4.26. The van der Waals surface area contributed by atoms with E-state index in [0.29, 0.717) is 21.8 Å². The lowest BCUT2D eigenvalue weighted by Gasteiger charge is -2.14. The molecule has 10 heteroatoms. The number of halogens is 3. The average molecular weight is 483 g/mol. The second-order valence-corrected chi connectivity index (χ2v) is 7.46. The summed E-state index contributed by atoms with van der Waals surface area (Å²) in [5.41, 5.74) is 1.52. The fraction of sp³-hybridized carbons (Fsp3) is 0.111. The summed E-state index contributed by atoms with van der Waals surface area (Å²) in [5, 5.41) is 9.84. The molecule has 2 amide bonds. The number of carbonyl (C=O) groups excluding carboxylic acids is 2. The first kappa shape index (κ1) is 20.3. The third-order valence-corrected chi connectivity index (χ3v) is 4.80. The summed E-state index contributed by atoms with van der Waals surface area (Å²) in [6.45, 7) is 1.78. The Hall–Kier alpha value is -2.42. The van der Waals surface area contributed by atoms with Gasteiger partial charge in [-0.15, -0.1) is 0 Å². The van der Waals surface area contributed by atoms with Crippen molar-refractivity contribution in [3.05, 3.63) is 68.0 Å². The van der Waals surface area contributed by atoms with Gasteiger partial charge >= 0.3 is 0 Å². The summed E-state index contributed by atoms with van der Waals surface area (Å²) in [6.07, 6.45) is 1.53. The lowest BCUT2D eigenvalue weighted by molar-refractivity contribution is 0.0964. The number of nitrogens with one attached hydrogen (secondary N) is 2. The second-order valence-electron chi connectivity index (χ2n) is 5.75. The van der Waals surface area contributed by atoms with Crippen LogP contribution in [0.3, 0.4) is 0 Å². The fourth-order valence-corrected chi connectivity index (χ4v) is 3.56. The van der Waals surface area contributed by atoms with Gasteiger partial charge in [0.2, 0.25) is 0 Å². The van der Waals surface area contributed by atoms with E-state index in [1.54, 1.807) is 31.2 Å². The van der Waals surface area contributed by atoms with Gasteiger partial charge in [-0.2, -0.15) is 5.10 Å². The topological polar surface area (TPSA) is 88.9 Å². The number of pyridine rings is 1. The molecule has 144 valence electrons. The maximum absolute atomic E-state index is 13.0. The Balaban J connectivity index is 2.05. The summed E-state index contributed by atoms with van der Waals surface area (Å²) in [5.74, 6) is -0.587. The molecule has 0 aliphatic carbocycles. The monoisotopic (exact) mass is 481 g/mol. The zero-order chi connectivity index (χ0) is 20.4. The number of aryl methyl sites for hydroxylation is 1. The Morgan fingerprint density at radius 1 is 1.18 bits per heavy atom. The van der Waals surface area contributed by atoms with Gasteiger partial charge in [0.15, 0.2) is 11.0 Å². The van der Waals surface area contributed by atoms with Crippen molar-refractivity contribution in [2.24, 2.45) is 0 Å². The molecule has 2 heterocycles. The van der Waals surface area contributed by atoms with Crippen LogP contribution >= 0.6 is 39.1 Å². The number of amides is 2. The highest BCUT2D eigenvalue weighted by Gasteiger charge is 2.22. The highest BCUT2D eigenvalue weighted by atomic mass is 79.9. The van der Waals surface area contributed by atoms with Crippen LogP contribution in [0.5, 0.6) is 0 Å². The van der Waals surface area contributed by atoms with Crippen LogP contribution in [0, 0.1) is 6.92 Å². The van der Waals surface area contributed by atoms with Gasteiger partial charge < -0.3 is 10.6 Å². The van der Waals surface area contributed by atoms with Gasteiger partial charge in [-0.05, 0) is 36.8 Å². The first-order valence-electron chi connectivity index (χ1n) is 8.02. The molecule has 0 aliphatic rings. The minimum atomic E-state index is -0.517. The van der Waals surface area contributed by atoms with Crippen LogP contribution in [-0.2, 0) is 0 Å². The molecule has 7 nitrogen and oxygen atoms in total. The lowest BCUT2D eigenvalue weighted by Crippen LogP contribution is -2.23. The number of rotatable bonds is 4. The van der Waals surface area contributed by atoms with Crippen LogP contribution in [-0.4, -0.2) is 33.6 Å². The van der Waals surface area contributed by atoms with Gasteiger partial charge in [-0.25, -0.2) is 9.67 Å². The van der Waals surface area contributed by atoms with Crippen molar-refractivity contribution in [3.8, 4) is 5.82 Å². The van der Waals surface area contributed by atoms with Crippen molar-refractivity contribution in [1.29, 1.82) is 0 Å². The Bertz CT molecular complexity index is 1080. The maximum Gasteiger partial charge on any atom is 0.274 e. The highest BCUT2D eigenvalue weighted by Crippen LogP contribution is 2.27. The fourth-order valence-electron chi connectivity index (χ4n) is 2.61. The zero-order valence-corrected chi connectivity index (χ0v) is 17.9. The van der Waals surface area contributed by atoms with Gasteiger partial charge in [0.25, 0.3) is 11.8 Å². The van der Waals surface area contributed by atoms with E-state index < -0.39 is 5.91 Å². The first-order chi connectivity index (χ1) is 13.3. The second kappa shape index (κ2) is 8.30. The molecule has 2 aromatic heterocycles. The molecule has 2 N–H and O–H groups in total. The third kappa shape index (κ3) is 4.04. The van der Waals surface area contributed by atoms with E-state index in [1.165, 1.54) is 24.0 Å². The Morgan fingerprint density at radius 3 is 2.61 bits per heavy atom. The van der Waals surface area contributed by atoms with Crippen LogP contribution in [0.2, 0.25) is 10.2 Å². The highest BCUT2D eigenvalue weighted by molar-refractivity contribution is 9.10. The molecule has 0 spiro atoms. The molecule has 0 fully saturated rings. The summed E-state index contributed by atoms with van der Waals surface area (Å²) in [7, 11) is 1.52. The molecule has 0 unspecified atom stereocenters. The van der Waals surface area contributed by atoms with E-state index in [0.717, 1.165) is 4.47 Å². The van der Waals surface area contributed by atoms with Crippen LogP contribution in [0.1, 0.15) is 26.4 Å². The largest absolute Gasteiger partial charge is 0.355 e. The normalized spacial score (nSPS) is 10.6. The third-order valence-electron chi connectivity index (χ3n) is 3.86. The smallest absolute Gasteiger partial charge is 0.274 e. The van der Waals surface area contributed by atoms with Crippen LogP contribution in [0.4, 0.5) is 5.69 Å². The van der Waals surface area contributed by atoms with Crippen molar-refractivity contribution >= 4 is 56.6 Å². The number of benzene rings is 1. The Morgan fingerprint density at radius 2 is 1.93 bits per heavy atom. The quantitative estimate of drug-likeness (QED) is 0.581. The van der Waals surface area contributed by atoms with Crippen molar-refractivity contribution in [3.63, 3.8) is 0 Å². The molecule has 28 heavy (non-hydrogen) atoms. The van der Waals surface area contributed by atoms with E-state index in [9.17, 15) is 9.59 Å². The van der Waals surface area contributed by atoms with Crippen molar-refractivity contribution in [1.82, 2.24) is 20.1 Å². The van der Waals surface area contributed by atoms with E-state index in [-0.39, 0.29) is 22.6 Å². The minimum Gasteiger partial charge on any atom is -0.355 e. The maximum atomic E-state index is 13.0. The number of carbonyl (C=O) groups is 2. The first-order valence-corrected chi connectivity index (χ1v) is 9.56. The number of hydrogen-bond donors (Lipinski definition) is 2. The minimum absolute atomic E-state index is 0.103. The van der Waals surface area contributed by atoms with E-state index in [4.69, 9.17) is 23.2 Å². The molecule has 0 radical (unpaired) electrons. The van der Waals surface area contributed by atoms with Crippen LogP contribution in [0.25, 0.3) is 5.82 Å². The van der Waals surface area contributed by atoms with E-state index in [1.807, 2.05) is 0 Å². The summed E-state index contributed by atoms with van der Waals surface area (Å²) < 4.78 is 1.98. The number of anilines is 1. The molecule has 0 aliphatic heterocycles. The molecule has 0 atom stereocenters. The standard InChI is InChI=1S/C18H14BrCl2N5O2/c1-9-6-10(19)7-11(17(27)22-2)15(9)24-18(28)13-8-14(21)25-26(13)16-12(20)4-3-5-23-16/h3-8H,1-2H3,(H,22,27)(H,24,28). The number of nitrogens with zero attached hydrogens (tertiary/aromatic N) is 3. The molecular formula is C18H14BrCl2N5O2. The van der Waals surface area contributed by atoms with Crippen molar-refractivity contribution < 1.29 is 9.59 Å². The van der Waals surface area contributed by atoms with Gasteiger partial charge in [-0.1, -0.05) is 39.1 Å². The van der Waals surface area contributed by atoms with E-state index >= 15 is 0 Å². The van der Waals surface area contributed by atoms with Crippen LogP contribution in [0.15, 0.2) is 41.0 Å². The molecular weight excluding hydrogens is 469 g/mol. The Labute approximate surface area is 179 Å². The van der Waals surface area contributed by atoms with Crippen molar-refractivity contribution in [2.45, 2.75) is 6.92 Å². The molecule has 0 bridgehead atoms. The predicted molar refractivity (Wildman–Crippen MR) is 112 cm³/mol. The molecule has 3 rings (SSSR count). The van der Waals surface area contributed by atoms with Crippen LogP contribution < -0.4 is 10.6 Å². The lowest BCUT2D eigenvalue weighted by atomic mass is 10.1. The van der Waals surface area contributed by atoms with Gasteiger partial charge in [0.1, 0.15) is 5.69 Å². The molecule has 0 saturated heterocycles. The van der Waals surface area contributed by atoms with Crippen molar-refractivity contribution in [2.75, 3.05) is 12.4 Å². The molecule has 0 saturated carbocycles. The zero-order valence-electron chi connectivity index (χ0n) is 14.8. The molecule has 3 aromatic rings. The summed E-state index contributed by atoms with van der Waals surface area (Å²) >= 11 is 15.6.